The van der Waals surface area contributed by atoms with Crippen LogP contribution in [-0.4, -0.2) is 12.9 Å². The van der Waals surface area contributed by atoms with Crippen molar-refractivity contribution in [2.75, 3.05) is 6.61 Å². The highest BCUT2D eigenvalue weighted by molar-refractivity contribution is 4.65. The molecule has 0 spiro atoms. The molecule has 1 unspecified atom stereocenters. The molecule has 0 heterocycles. The Morgan fingerprint density at radius 3 is 2.58 bits per heavy atom. The quantitative estimate of drug-likeness (QED) is 0.313. The summed E-state index contributed by atoms with van der Waals surface area (Å²) in [5.41, 5.74) is 0. The Bertz CT molecular complexity index is 100. The van der Waals surface area contributed by atoms with Gasteiger partial charge in [-0.25, -0.2) is 5.11 Å². The summed E-state index contributed by atoms with van der Waals surface area (Å²) < 4.78 is 4.87. The lowest BCUT2D eigenvalue weighted by molar-refractivity contribution is -0.127. The molecule has 0 saturated heterocycles. The number of ether oxygens (including phenoxy) is 1. The summed E-state index contributed by atoms with van der Waals surface area (Å²) >= 11 is 0. The molecule has 0 bridgehead atoms. The van der Waals surface area contributed by atoms with E-state index in [0.717, 1.165) is 19.3 Å². The molecule has 0 fully saturated rings. The van der Waals surface area contributed by atoms with Gasteiger partial charge in [0.1, 0.15) is 0 Å². The fraction of sp³-hybridized carbons (Fsp3) is 0.800. The molecule has 0 amide bonds. The second kappa shape index (κ2) is 8.75. The van der Waals surface area contributed by atoms with Crippen LogP contribution in [0, 0.1) is 0 Å². The van der Waals surface area contributed by atoms with Crippen molar-refractivity contribution in [3.8, 4) is 0 Å². The van der Waals surface area contributed by atoms with Gasteiger partial charge in [0.15, 0.2) is 6.29 Å². The van der Waals surface area contributed by atoms with Crippen LogP contribution in [0.5, 0.6) is 0 Å². The van der Waals surface area contributed by atoms with Crippen LogP contribution in [0.1, 0.15) is 39.0 Å². The van der Waals surface area contributed by atoms with Crippen molar-refractivity contribution < 1.29 is 9.84 Å². The summed E-state index contributed by atoms with van der Waals surface area (Å²) in [6.45, 7) is 5.79. The fourth-order valence-corrected chi connectivity index (χ4v) is 0.994. The largest absolute Gasteiger partial charge is 0.350 e. The van der Waals surface area contributed by atoms with E-state index in [2.05, 4.69) is 6.58 Å². The molecule has 0 aromatic rings. The maximum atomic E-state index is 10.4. The molecule has 0 aliphatic carbocycles. The van der Waals surface area contributed by atoms with Crippen molar-refractivity contribution in [2.45, 2.75) is 45.3 Å². The van der Waals surface area contributed by atoms with E-state index in [1.54, 1.807) is 0 Å². The average Bonchev–Trinajstić information content (AvgIpc) is 2.02. The van der Waals surface area contributed by atoms with Gasteiger partial charge in [0.25, 0.3) is 0 Å². The zero-order valence-corrected chi connectivity index (χ0v) is 7.92. The number of allylic oxidation sites excluding steroid dienone is 1. The van der Waals surface area contributed by atoms with E-state index in [0.29, 0.717) is 6.61 Å². The third-order valence-electron chi connectivity index (χ3n) is 1.66. The predicted octanol–water partition coefficient (Wildman–Crippen LogP) is 2.92. The van der Waals surface area contributed by atoms with Crippen molar-refractivity contribution >= 4 is 0 Å². The Hall–Kier alpha value is -0.340. The van der Waals surface area contributed by atoms with Crippen LogP contribution in [-0.2, 0) is 9.84 Å². The van der Waals surface area contributed by atoms with E-state index >= 15 is 0 Å². The lowest BCUT2D eigenvalue weighted by Crippen LogP contribution is -2.05. The molecule has 2 nitrogen and oxygen atoms in total. The number of hydrogen-bond acceptors (Lipinski definition) is 1. The van der Waals surface area contributed by atoms with E-state index in [1.165, 1.54) is 19.8 Å². The first-order valence-corrected chi connectivity index (χ1v) is 4.65. The maximum absolute atomic E-state index is 10.4. The first kappa shape index (κ1) is 11.7. The van der Waals surface area contributed by atoms with Crippen molar-refractivity contribution in [2.24, 2.45) is 0 Å². The summed E-state index contributed by atoms with van der Waals surface area (Å²) in [6, 6.07) is 0. The third-order valence-corrected chi connectivity index (χ3v) is 1.66. The highest BCUT2D eigenvalue weighted by atomic mass is 16.6. The topological polar surface area (TPSA) is 29.1 Å². The van der Waals surface area contributed by atoms with Crippen LogP contribution < -0.4 is 0 Å². The van der Waals surface area contributed by atoms with Crippen molar-refractivity contribution in [3.05, 3.63) is 12.7 Å². The molecule has 1 radical (unpaired) electrons. The molecule has 1 atom stereocenters. The Balaban J connectivity index is 2.86. The van der Waals surface area contributed by atoms with E-state index in [1.807, 2.05) is 6.08 Å². The minimum Gasteiger partial charge on any atom is -0.350 e. The summed E-state index contributed by atoms with van der Waals surface area (Å²) in [5.74, 6) is 0. The highest BCUT2D eigenvalue weighted by Gasteiger charge is 1.95. The van der Waals surface area contributed by atoms with Crippen LogP contribution in [0.25, 0.3) is 0 Å². The van der Waals surface area contributed by atoms with Crippen molar-refractivity contribution in [1.82, 2.24) is 0 Å². The Morgan fingerprint density at radius 2 is 2.00 bits per heavy atom. The molecule has 0 rings (SSSR count). The Kier molecular flexibility index (Phi) is 8.51. The van der Waals surface area contributed by atoms with Gasteiger partial charge in [-0.3, -0.25) is 0 Å². The molecule has 0 N–H and O–H groups in total. The van der Waals surface area contributed by atoms with Crippen LogP contribution in [0.3, 0.4) is 0 Å². The van der Waals surface area contributed by atoms with E-state index in [9.17, 15) is 5.11 Å². The second-order valence-corrected chi connectivity index (χ2v) is 2.93. The highest BCUT2D eigenvalue weighted by Crippen LogP contribution is 2.03. The summed E-state index contributed by atoms with van der Waals surface area (Å²) in [4.78, 5) is 0. The normalized spacial score (nSPS) is 12.8. The van der Waals surface area contributed by atoms with Gasteiger partial charge in [0.05, 0.1) is 0 Å². The molecular weight excluding hydrogens is 152 g/mol. The minimum absolute atomic E-state index is 0.610. The monoisotopic (exact) mass is 171 g/mol. The molecular formula is C10H19O2. The van der Waals surface area contributed by atoms with Gasteiger partial charge >= 0.3 is 0 Å². The Morgan fingerprint density at radius 1 is 1.33 bits per heavy atom. The SMILES string of the molecule is C=CCCCCCCOC(C)[O]. The smallest absolute Gasteiger partial charge is 0.188 e. The number of rotatable bonds is 8. The maximum Gasteiger partial charge on any atom is 0.188 e. The summed E-state index contributed by atoms with van der Waals surface area (Å²) in [6.07, 6.45) is 6.75. The first-order chi connectivity index (χ1) is 5.77. The second-order valence-electron chi connectivity index (χ2n) is 2.93. The van der Waals surface area contributed by atoms with Gasteiger partial charge in [-0.05, 0) is 26.2 Å². The van der Waals surface area contributed by atoms with Gasteiger partial charge < -0.3 is 4.74 Å². The summed E-state index contributed by atoms with van der Waals surface area (Å²) in [7, 11) is 0. The molecule has 0 aromatic carbocycles. The van der Waals surface area contributed by atoms with E-state index < -0.39 is 6.29 Å². The molecule has 0 saturated carbocycles. The van der Waals surface area contributed by atoms with E-state index in [-0.39, 0.29) is 0 Å². The van der Waals surface area contributed by atoms with Crippen LogP contribution in [0.2, 0.25) is 0 Å². The fourth-order valence-electron chi connectivity index (χ4n) is 0.994. The molecule has 0 aromatic heterocycles. The average molecular weight is 171 g/mol. The van der Waals surface area contributed by atoms with Crippen molar-refractivity contribution in [1.29, 1.82) is 0 Å². The molecule has 2 heteroatoms. The molecule has 71 valence electrons. The van der Waals surface area contributed by atoms with Gasteiger partial charge in [-0.1, -0.05) is 18.9 Å². The third kappa shape index (κ3) is 9.66. The number of unbranched alkanes of at least 4 members (excludes halogenated alkanes) is 4. The predicted molar refractivity (Wildman–Crippen MR) is 49.4 cm³/mol. The number of hydrogen-bond donors (Lipinski definition) is 0. The zero-order chi connectivity index (χ0) is 9.23. The first-order valence-electron chi connectivity index (χ1n) is 4.65. The zero-order valence-electron chi connectivity index (χ0n) is 7.92. The molecule has 0 aliphatic rings. The minimum atomic E-state index is -0.863. The lowest BCUT2D eigenvalue weighted by Gasteiger charge is -2.03. The van der Waals surface area contributed by atoms with Gasteiger partial charge in [0.2, 0.25) is 0 Å². The van der Waals surface area contributed by atoms with Crippen LogP contribution >= 0.6 is 0 Å². The van der Waals surface area contributed by atoms with Crippen molar-refractivity contribution in [3.63, 3.8) is 0 Å². The van der Waals surface area contributed by atoms with E-state index in [4.69, 9.17) is 4.74 Å². The molecule has 12 heavy (non-hydrogen) atoms. The van der Waals surface area contributed by atoms with Gasteiger partial charge in [-0.15, -0.1) is 6.58 Å². The van der Waals surface area contributed by atoms with Gasteiger partial charge in [0, 0.05) is 6.61 Å². The standard InChI is InChI=1S/C10H19O2/c1-3-4-5-6-7-8-9-12-10(2)11/h3,10H,1,4-9H2,2H3. The summed E-state index contributed by atoms with van der Waals surface area (Å²) in [5, 5.41) is 10.4. The lowest BCUT2D eigenvalue weighted by atomic mass is 10.1. The Labute approximate surface area is 75.2 Å². The van der Waals surface area contributed by atoms with Crippen LogP contribution in [0.15, 0.2) is 12.7 Å². The van der Waals surface area contributed by atoms with Crippen LogP contribution in [0.4, 0.5) is 0 Å². The molecule has 0 aliphatic heterocycles. The van der Waals surface area contributed by atoms with Gasteiger partial charge in [-0.2, -0.15) is 0 Å².